The summed E-state index contributed by atoms with van der Waals surface area (Å²) in [5.74, 6) is -2.10. The first-order chi connectivity index (χ1) is 8.82. The summed E-state index contributed by atoms with van der Waals surface area (Å²) in [6.45, 7) is 1.14. The van der Waals surface area contributed by atoms with E-state index in [1.54, 1.807) is 0 Å². The molecule has 0 aliphatic carbocycles. The van der Waals surface area contributed by atoms with Crippen molar-refractivity contribution in [3.05, 3.63) is 44.2 Å². The van der Waals surface area contributed by atoms with Crippen LogP contribution in [0.2, 0.25) is 0 Å². The van der Waals surface area contributed by atoms with E-state index in [1.807, 2.05) is 0 Å². The molecule has 0 unspecified atom stereocenters. The maximum absolute atomic E-state index is 13.3. The average molecular weight is 334 g/mol. The monoisotopic (exact) mass is 333 g/mol. The Bertz CT molecular complexity index is 558. The number of hydrogen-bond acceptors (Lipinski definition) is 4. The molecule has 8 heteroatoms. The van der Waals surface area contributed by atoms with Crippen LogP contribution in [-0.2, 0) is 4.79 Å². The summed E-state index contributed by atoms with van der Waals surface area (Å²) in [5.41, 5.74) is -0.380. The van der Waals surface area contributed by atoms with E-state index in [4.69, 9.17) is 9.84 Å². The summed E-state index contributed by atoms with van der Waals surface area (Å²) in [6.07, 6.45) is 1.23. The van der Waals surface area contributed by atoms with Crippen molar-refractivity contribution in [1.29, 1.82) is 0 Å². The number of carbonyl (C=O) groups is 1. The van der Waals surface area contributed by atoms with Crippen LogP contribution in [0.25, 0.3) is 0 Å². The molecule has 0 bridgehead atoms. The molecule has 0 atom stereocenters. The molecule has 1 N–H and O–H groups in total. The van der Waals surface area contributed by atoms with Crippen molar-refractivity contribution in [2.45, 2.75) is 6.92 Å². The molecule has 1 aromatic carbocycles. The zero-order chi connectivity index (χ0) is 14.6. The quantitative estimate of drug-likeness (QED) is 0.508. The Morgan fingerprint density at radius 2 is 2.26 bits per heavy atom. The molecule has 1 aromatic rings. The Hall–Kier alpha value is -1.96. The predicted octanol–water partition coefficient (Wildman–Crippen LogP) is 2.91. The Kier molecular flexibility index (Phi) is 4.99. The van der Waals surface area contributed by atoms with Gasteiger partial charge < -0.3 is 9.84 Å². The fourth-order valence-electron chi connectivity index (χ4n) is 1.12. The Morgan fingerprint density at radius 3 is 2.79 bits per heavy atom. The number of hydrogen-bond donors (Lipinski definition) is 1. The van der Waals surface area contributed by atoms with Crippen LogP contribution in [0, 0.1) is 15.9 Å². The topological polar surface area (TPSA) is 89.7 Å². The van der Waals surface area contributed by atoms with Crippen molar-refractivity contribution in [3.63, 3.8) is 0 Å². The van der Waals surface area contributed by atoms with Crippen molar-refractivity contribution < 1.29 is 24.0 Å². The van der Waals surface area contributed by atoms with Gasteiger partial charge in [0.15, 0.2) is 5.75 Å². The van der Waals surface area contributed by atoms with Gasteiger partial charge >= 0.3 is 11.7 Å². The van der Waals surface area contributed by atoms with Gasteiger partial charge in [-0.25, -0.2) is 9.18 Å². The minimum atomic E-state index is -1.12. The Morgan fingerprint density at radius 1 is 1.63 bits per heavy atom. The molecule has 1 rings (SSSR count). The zero-order valence-electron chi connectivity index (χ0n) is 9.72. The van der Waals surface area contributed by atoms with E-state index in [9.17, 15) is 19.3 Å². The molecule has 0 radical (unpaired) electrons. The smallest absolute Gasteiger partial charge is 0.331 e. The van der Waals surface area contributed by atoms with Gasteiger partial charge in [0.25, 0.3) is 0 Å². The van der Waals surface area contributed by atoms with E-state index in [2.05, 4.69) is 15.9 Å². The Labute approximate surface area is 115 Å². The average Bonchev–Trinajstić information content (AvgIpc) is 2.32. The number of aliphatic carboxylic acids is 1. The molecule has 102 valence electrons. The number of nitrogens with zero attached hydrogens (tertiary/aromatic N) is 1. The minimum absolute atomic E-state index is 0.0280. The third-order valence-electron chi connectivity index (χ3n) is 2.16. The number of nitro groups is 1. The molecule has 0 saturated heterocycles. The summed E-state index contributed by atoms with van der Waals surface area (Å²) in [6, 6.07) is 1.85. The van der Waals surface area contributed by atoms with Crippen LogP contribution in [0.15, 0.2) is 28.3 Å². The van der Waals surface area contributed by atoms with Gasteiger partial charge in [0.1, 0.15) is 12.4 Å². The predicted molar refractivity (Wildman–Crippen MR) is 67.6 cm³/mol. The van der Waals surface area contributed by atoms with Crippen molar-refractivity contribution in [2.75, 3.05) is 6.61 Å². The normalized spacial score (nSPS) is 11.2. The molecule has 0 amide bonds. The molecule has 0 spiro atoms. The SMILES string of the molecule is C/C(=C/COc1cc(F)c(Br)cc1[N+](=O)[O-])C(=O)O. The molecule has 0 aliphatic heterocycles. The summed E-state index contributed by atoms with van der Waals surface area (Å²) in [7, 11) is 0. The van der Waals surface area contributed by atoms with Gasteiger partial charge in [-0.15, -0.1) is 0 Å². The minimum Gasteiger partial charge on any atom is -0.482 e. The van der Waals surface area contributed by atoms with Gasteiger partial charge in [-0.1, -0.05) is 0 Å². The molecule has 19 heavy (non-hydrogen) atoms. The molecular weight excluding hydrogens is 325 g/mol. The third-order valence-corrected chi connectivity index (χ3v) is 2.77. The number of ether oxygens (including phenoxy) is 1. The van der Waals surface area contributed by atoms with Crippen LogP contribution in [0.3, 0.4) is 0 Å². The highest BCUT2D eigenvalue weighted by molar-refractivity contribution is 9.10. The zero-order valence-corrected chi connectivity index (χ0v) is 11.3. The van der Waals surface area contributed by atoms with E-state index in [0.717, 1.165) is 12.1 Å². The highest BCUT2D eigenvalue weighted by Gasteiger charge is 2.18. The number of carboxylic acids is 1. The van der Waals surface area contributed by atoms with Crippen LogP contribution < -0.4 is 4.74 Å². The van der Waals surface area contributed by atoms with Crippen LogP contribution in [0.1, 0.15) is 6.92 Å². The van der Waals surface area contributed by atoms with Gasteiger partial charge in [-0.2, -0.15) is 0 Å². The third kappa shape index (κ3) is 4.02. The number of carboxylic acid groups (broad SMARTS) is 1. The fraction of sp³-hybridized carbons (Fsp3) is 0.182. The van der Waals surface area contributed by atoms with Crippen molar-refractivity contribution >= 4 is 27.6 Å². The van der Waals surface area contributed by atoms with E-state index in [0.29, 0.717) is 0 Å². The Balaban J connectivity index is 2.95. The number of halogens is 2. The van der Waals surface area contributed by atoms with Gasteiger partial charge in [0.2, 0.25) is 0 Å². The van der Waals surface area contributed by atoms with Crippen molar-refractivity contribution in [1.82, 2.24) is 0 Å². The fourth-order valence-corrected chi connectivity index (χ4v) is 1.45. The van der Waals surface area contributed by atoms with Crippen LogP contribution in [0.5, 0.6) is 5.75 Å². The van der Waals surface area contributed by atoms with E-state index < -0.39 is 22.4 Å². The van der Waals surface area contributed by atoms with Gasteiger partial charge in [-0.05, 0) is 28.9 Å². The highest BCUT2D eigenvalue weighted by Crippen LogP contribution is 2.32. The van der Waals surface area contributed by atoms with E-state index >= 15 is 0 Å². The number of nitro benzene ring substituents is 1. The summed E-state index contributed by atoms with van der Waals surface area (Å²) >= 11 is 2.83. The van der Waals surface area contributed by atoms with Crippen molar-refractivity contribution in [3.8, 4) is 5.75 Å². The van der Waals surface area contributed by atoms with Gasteiger partial charge in [0, 0.05) is 17.7 Å². The second-order valence-corrected chi connectivity index (χ2v) is 4.35. The second-order valence-electron chi connectivity index (χ2n) is 3.49. The second kappa shape index (κ2) is 6.28. The van der Waals surface area contributed by atoms with Crippen molar-refractivity contribution in [2.24, 2.45) is 0 Å². The molecular formula is C11H9BrFNO5. The summed E-state index contributed by atoms with van der Waals surface area (Å²) in [5, 5.41) is 19.4. The first-order valence-corrected chi connectivity index (χ1v) is 5.78. The summed E-state index contributed by atoms with van der Waals surface area (Å²) < 4.78 is 18.2. The lowest BCUT2D eigenvalue weighted by Crippen LogP contribution is -2.03. The largest absolute Gasteiger partial charge is 0.482 e. The number of rotatable bonds is 5. The molecule has 0 aromatic heterocycles. The number of benzene rings is 1. The maximum atomic E-state index is 13.3. The standard InChI is InChI=1S/C11H9BrFNO5/c1-6(11(15)16)2-3-19-10-5-8(13)7(12)4-9(10)14(17)18/h2,4-5H,3H2,1H3,(H,15,16)/b6-2-. The molecule has 0 aliphatic rings. The maximum Gasteiger partial charge on any atom is 0.331 e. The van der Waals surface area contributed by atoms with E-state index in [-0.39, 0.29) is 22.4 Å². The lowest BCUT2D eigenvalue weighted by molar-refractivity contribution is -0.385. The highest BCUT2D eigenvalue weighted by atomic mass is 79.9. The van der Waals surface area contributed by atoms with Gasteiger partial charge in [-0.3, -0.25) is 10.1 Å². The molecule has 0 heterocycles. The lowest BCUT2D eigenvalue weighted by Gasteiger charge is -2.05. The molecule has 0 fully saturated rings. The summed E-state index contributed by atoms with van der Waals surface area (Å²) in [4.78, 5) is 20.6. The van der Waals surface area contributed by atoms with Crippen LogP contribution in [-0.4, -0.2) is 22.6 Å². The van der Waals surface area contributed by atoms with Crippen LogP contribution >= 0.6 is 15.9 Å². The first-order valence-electron chi connectivity index (χ1n) is 4.99. The van der Waals surface area contributed by atoms with Gasteiger partial charge in [0.05, 0.1) is 9.40 Å². The lowest BCUT2D eigenvalue weighted by atomic mass is 10.3. The molecule has 6 nitrogen and oxygen atoms in total. The van der Waals surface area contributed by atoms with Crippen LogP contribution in [0.4, 0.5) is 10.1 Å². The molecule has 0 saturated carbocycles. The first kappa shape index (κ1) is 15.1. The van der Waals surface area contributed by atoms with E-state index in [1.165, 1.54) is 13.0 Å².